The van der Waals surface area contributed by atoms with Gasteiger partial charge in [-0.05, 0) is 97.2 Å². The summed E-state index contributed by atoms with van der Waals surface area (Å²) in [4.78, 5) is 37.0. The number of nitrogens with zero attached hydrogens (tertiary/aromatic N) is 5. The summed E-state index contributed by atoms with van der Waals surface area (Å²) in [6, 6.07) is 15.4. The molecule has 16 nitrogen and oxygen atoms in total. The van der Waals surface area contributed by atoms with Gasteiger partial charge in [0.05, 0.1) is 46.1 Å². The summed E-state index contributed by atoms with van der Waals surface area (Å²) in [6.45, 7) is 8.36. The Bertz CT molecular complexity index is 3090. The van der Waals surface area contributed by atoms with Crippen LogP contribution >= 0.6 is 11.6 Å². The molecular weight excluding hydrogens is 987 g/mol. The van der Waals surface area contributed by atoms with E-state index in [1.54, 1.807) is 30.5 Å². The van der Waals surface area contributed by atoms with Crippen LogP contribution in [0.25, 0.3) is 16.6 Å². The molecule has 0 saturated carbocycles. The third-order valence-electron chi connectivity index (χ3n) is 13.3. The molecule has 2 aromatic heterocycles. The number of morpholine rings is 1. The number of Topliss-reactive ketones (excluding diaryl/α,β-unsaturated/α-hetero) is 1. The number of benzene rings is 3. The minimum absolute atomic E-state index is 0.0267. The van der Waals surface area contributed by atoms with Gasteiger partial charge >= 0.3 is 6.18 Å². The van der Waals surface area contributed by atoms with E-state index in [0.717, 1.165) is 53.8 Å². The molecule has 22 heteroatoms. The number of anilines is 2. The fourth-order valence-corrected chi connectivity index (χ4v) is 11.7. The number of halogens is 4. The van der Waals surface area contributed by atoms with E-state index >= 15 is 0 Å². The Kier molecular flexibility index (Phi) is 15.2. The molecule has 1 aliphatic carbocycles. The Morgan fingerprint density at radius 2 is 1.80 bits per heavy atom. The maximum Gasteiger partial charge on any atom is 0.416 e. The SMILES string of the molecule is CC1(C)CCC(CN2CCN(c3ccc(C(=O)CS(=O)(=O)c4ccc(NCCCC5CN(S(C)(=O)=O)CCO5)c([N+](=O)[O-])c4)c(Oc4cnc5[nH]ccc5c4)c3)CC2)=C(c2ccc(C(F)(F)F)cc2Cl)C1. The number of aromatic nitrogens is 2. The molecule has 0 spiro atoms. The van der Waals surface area contributed by atoms with Crippen molar-refractivity contribution in [3.05, 3.63) is 117 Å². The summed E-state index contributed by atoms with van der Waals surface area (Å²) in [6.07, 6.45) is 2.83. The number of piperazine rings is 1. The number of nitro groups is 1. The molecule has 1 unspecified atom stereocenters. The molecule has 4 heterocycles. The topological polar surface area (TPSA) is 197 Å². The number of aromatic amines is 1. The number of sulfone groups is 1. The molecule has 3 aromatic carbocycles. The van der Waals surface area contributed by atoms with Gasteiger partial charge < -0.3 is 24.7 Å². The number of alkyl halides is 3. The van der Waals surface area contributed by atoms with Crippen molar-refractivity contribution in [1.82, 2.24) is 19.2 Å². The number of hydrogen-bond donors (Lipinski definition) is 2. The zero-order valence-electron chi connectivity index (χ0n) is 39.4. The Balaban J connectivity index is 0.968. The molecule has 380 valence electrons. The van der Waals surface area contributed by atoms with Crippen molar-refractivity contribution in [1.29, 1.82) is 0 Å². The number of ether oxygens (including phenoxy) is 2. The number of carbonyl (C=O) groups is 1. The summed E-state index contributed by atoms with van der Waals surface area (Å²) in [5, 5.41) is 16.0. The van der Waals surface area contributed by atoms with Gasteiger partial charge in [0.15, 0.2) is 15.6 Å². The van der Waals surface area contributed by atoms with Crippen molar-refractivity contribution in [3.8, 4) is 11.5 Å². The van der Waals surface area contributed by atoms with Crippen LogP contribution in [0, 0.1) is 15.5 Å². The second-order valence-electron chi connectivity index (χ2n) is 19.0. The van der Waals surface area contributed by atoms with Crippen molar-refractivity contribution >= 4 is 70.9 Å². The van der Waals surface area contributed by atoms with Crippen LogP contribution in [0.15, 0.2) is 89.6 Å². The predicted octanol–water partition coefficient (Wildman–Crippen LogP) is 9.23. The van der Waals surface area contributed by atoms with Gasteiger partial charge in [-0.15, -0.1) is 0 Å². The van der Waals surface area contributed by atoms with Crippen LogP contribution in [0.2, 0.25) is 5.02 Å². The Morgan fingerprint density at radius 1 is 1.03 bits per heavy atom. The summed E-state index contributed by atoms with van der Waals surface area (Å²) in [5.41, 5.74) is 2.77. The molecule has 2 saturated heterocycles. The van der Waals surface area contributed by atoms with E-state index in [1.807, 2.05) is 0 Å². The fourth-order valence-electron chi connectivity index (χ4n) is 9.35. The van der Waals surface area contributed by atoms with Gasteiger partial charge in [-0.25, -0.2) is 21.8 Å². The summed E-state index contributed by atoms with van der Waals surface area (Å²) < 4.78 is 106. The lowest BCUT2D eigenvalue weighted by molar-refractivity contribution is -0.384. The number of ketones is 1. The van der Waals surface area contributed by atoms with Crippen LogP contribution in [0.4, 0.5) is 30.2 Å². The van der Waals surface area contributed by atoms with Gasteiger partial charge in [0.2, 0.25) is 10.0 Å². The molecule has 8 rings (SSSR count). The van der Waals surface area contributed by atoms with Crippen molar-refractivity contribution in [3.63, 3.8) is 0 Å². The first-order valence-electron chi connectivity index (χ1n) is 23.2. The molecule has 3 aliphatic rings. The van der Waals surface area contributed by atoms with Crippen LogP contribution < -0.4 is 15.0 Å². The number of nitro benzene ring substituents is 1. The Labute approximate surface area is 415 Å². The number of nitrogens with one attached hydrogen (secondary N) is 2. The lowest BCUT2D eigenvalue weighted by atomic mass is 9.72. The fraction of sp³-hybridized carbons (Fsp3) is 0.429. The largest absolute Gasteiger partial charge is 0.455 e. The number of sulfonamides is 1. The highest BCUT2D eigenvalue weighted by atomic mass is 35.5. The molecule has 2 aliphatic heterocycles. The maximum absolute atomic E-state index is 14.1. The Hall–Kier alpha value is -5.58. The van der Waals surface area contributed by atoms with E-state index in [9.17, 15) is 44.9 Å². The zero-order valence-corrected chi connectivity index (χ0v) is 41.8. The van der Waals surface area contributed by atoms with Gasteiger partial charge in [-0.3, -0.25) is 19.8 Å². The normalized spacial score (nSPS) is 18.5. The zero-order chi connectivity index (χ0) is 50.9. The van der Waals surface area contributed by atoms with E-state index in [4.69, 9.17) is 21.1 Å². The Morgan fingerprint density at radius 3 is 2.52 bits per heavy atom. The molecule has 5 aromatic rings. The van der Waals surface area contributed by atoms with Crippen molar-refractivity contribution in [2.75, 3.05) is 81.2 Å². The number of fused-ring (bicyclic) bond motifs is 1. The van der Waals surface area contributed by atoms with E-state index in [2.05, 4.69) is 38.9 Å². The number of allylic oxidation sites excluding steroid dienone is 1. The highest BCUT2D eigenvalue weighted by Crippen LogP contribution is 2.46. The van der Waals surface area contributed by atoms with Gasteiger partial charge in [0.25, 0.3) is 5.69 Å². The lowest BCUT2D eigenvalue weighted by Gasteiger charge is -2.39. The number of rotatable bonds is 17. The second-order valence-corrected chi connectivity index (χ2v) is 23.4. The first-order valence-corrected chi connectivity index (χ1v) is 27.1. The van der Waals surface area contributed by atoms with E-state index in [1.165, 1.54) is 34.8 Å². The third kappa shape index (κ3) is 12.6. The average Bonchev–Trinajstić information content (AvgIpc) is 3.79. The van der Waals surface area contributed by atoms with E-state index in [-0.39, 0.29) is 59.8 Å². The van der Waals surface area contributed by atoms with E-state index < -0.39 is 58.6 Å². The van der Waals surface area contributed by atoms with Crippen LogP contribution in [0.5, 0.6) is 11.5 Å². The standard InChI is InChI=1S/C49H55ClF3N7O9S2/c1-48(2)14-12-33(41(27-48)39-9-6-34(24-42(39)50)49(51,52)53)29-57-17-19-58(20-18-57)35-7-10-40(46(25-35)69-37-23-32-13-16-55-47(32)56-28-37)45(61)31-71(66,67)38-8-11-43(44(26-38)60(62)63)54-15-4-5-36-30-59(21-22-68-36)70(3,64)65/h6-11,13,16,23-26,28,36,54H,4-5,12,14-15,17-22,27,29-31H2,1-3H3,(H,55,56). The monoisotopic (exact) mass is 1040 g/mol. The molecule has 2 N–H and O–H groups in total. The van der Waals surface area contributed by atoms with Crippen LogP contribution in [0.3, 0.4) is 0 Å². The van der Waals surface area contributed by atoms with Gasteiger partial charge in [0, 0.05) is 86.8 Å². The molecule has 71 heavy (non-hydrogen) atoms. The highest BCUT2D eigenvalue weighted by molar-refractivity contribution is 7.92. The first-order chi connectivity index (χ1) is 33.5. The summed E-state index contributed by atoms with van der Waals surface area (Å²) in [5.74, 6) is -1.43. The van der Waals surface area contributed by atoms with Crippen LogP contribution in [-0.4, -0.2) is 124 Å². The molecule has 1 atom stereocenters. The minimum atomic E-state index is -4.51. The van der Waals surface area contributed by atoms with Crippen molar-refractivity contribution in [2.24, 2.45) is 5.41 Å². The number of carbonyl (C=O) groups excluding carboxylic acids is 1. The van der Waals surface area contributed by atoms with Crippen LogP contribution in [-0.2, 0) is 30.8 Å². The van der Waals surface area contributed by atoms with Gasteiger partial charge in [-0.1, -0.05) is 37.1 Å². The highest BCUT2D eigenvalue weighted by Gasteiger charge is 2.34. The average molecular weight is 1040 g/mol. The lowest BCUT2D eigenvalue weighted by Crippen LogP contribution is -2.47. The third-order valence-corrected chi connectivity index (χ3v) is 16.5. The quantitative estimate of drug-likeness (QED) is 0.0387. The number of H-pyrrole nitrogens is 1. The number of hydrogen-bond acceptors (Lipinski definition) is 13. The van der Waals surface area contributed by atoms with E-state index in [0.29, 0.717) is 74.6 Å². The molecule has 0 amide bonds. The smallest absolute Gasteiger partial charge is 0.416 e. The van der Waals surface area contributed by atoms with Gasteiger partial charge in [-0.2, -0.15) is 17.5 Å². The molecule has 0 bridgehead atoms. The molecule has 2 fully saturated rings. The predicted molar refractivity (Wildman–Crippen MR) is 266 cm³/mol. The minimum Gasteiger partial charge on any atom is -0.455 e. The summed E-state index contributed by atoms with van der Waals surface area (Å²) >= 11 is 6.54. The maximum atomic E-state index is 14.1. The molecular formula is C49H55ClF3N7O9S2. The van der Waals surface area contributed by atoms with Crippen molar-refractivity contribution in [2.45, 2.75) is 63.1 Å². The summed E-state index contributed by atoms with van der Waals surface area (Å²) in [7, 11) is -7.81. The number of pyridine rings is 1. The van der Waals surface area contributed by atoms with Gasteiger partial charge in [0.1, 0.15) is 28.6 Å². The first kappa shape index (κ1) is 51.8. The second kappa shape index (κ2) is 20.9. The van der Waals surface area contributed by atoms with Crippen LogP contribution in [0.1, 0.15) is 67.4 Å². The van der Waals surface area contributed by atoms with Crippen molar-refractivity contribution < 1.29 is 49.2 Å². The molecule has 0 radical (unpaired) electrons.